The van der Waals surface area contributed by atoms with Gasteiger partial charge in [-0.2, -0.15) is 0 Å². The number of anilines is 1. The molecule has 0 atom stereocenters. The monoisotopic (exact) mass is 506 g/mol. The lowest BCUT2D eigenvalue weighted by Gasteiger charge is -2.30. The minimum atomic E-state index is -0.520. The van der Waals surface area contributed by atoms with Crippen molar-refractivity contribution in [2.75, 3.05) is 19.5 Å². The summed E-state index contributed by atoms with van der Waals surface area (Å²) in [6, 6.07) is 9.81. The number of nitrogens with one attached hydrogen (secondary N) is 4. The maximum Gasteiger partial charge on any atom is 0.270 e. The van der Waals surface area contributed by atoms with Crippen LogP contribution in [0.3, 0.4) is 0 Å². The zero-order valence-electron chi connectivity index (χ0n) is 19.6. The molecule has 3 rings (SSSR count). The van der Waals surface area contributed by atoms with Gasteiger partial charge in [-0.05, 0) is 49.4 Å². The Kier molecular flexibility index (Phi) is 9.95. The summed E-state index contributed by atoms with van der Waals surface area (Å²) in [4.78, 5) is 23.8. The van der Waals surface area contributed by atoms with Crippen LogP contribution in [0.1, 0.15) is 41.6 Å². The van der Waals surface area contributed by atoms with Gasteiger partial charge in [0.2, 0.25) is 0 Å². The maximum absolute atomic E-state index is 13.0. The number of amides is 1. The van der Waals surface area contributed by atoms with Crippen molar-refractivity contribution >= 4 is 35.6 Å². The molecule has 0 aromatic heterocycles. The number of nitro benzene ring substituents is 1. The molecule has 1 amide bonds. The Labute approximate surface area is 209 Å². The molecule has 2 aromatic carbocycles. The van der Waals surface area contributed by atoms with Gasteiger partial charge in [0.05, 0.1) is 24.7 Å². The van der Waals surface area contributed by atoms with Crippen LogP contribution in [0.4, 0.5) is 11.4 Å². The quantitative estimate of drug-likeness (QED) is 0.150. The number of nitrogens with zero attached hydrogens (tertiary/aromatic N) is 1. The number of non-ortho nitro benzene ring substituents is 1. The lowest BCUT2D eigenvalue weighted by Crippen LogP contribution is -2.43. The number of hydrogen-bond donors (Lipinski definition) is 5. The van der Waals surface area contributed by atoms with Gasteiger partial charge in [0.25, 0.3) is 11.6 Å². The van der Waals surface area contributed by atoms with E-state index in [-0.39, 0.29) is 48.2 Å². The fraction of sp³-hybridized carbons (Fsp3) is 0.391. The number of hydrogen-bond acceptors (Lipinski definition) is 7. The van der Waals surface area contributed by atoms with Gasteiger partial charge in [0.1, 0.15) is 0 Å². The van der Waals surface area contributed by atoms with Crippen LogP contribution in [0.15, 0.2) is 36.4 Å². The van der Waals surface area contributed by atoms with Crippen LogP contribution in [-0.2, 0) is 6.54 Å². The van der Waals surface area contributed by atoms with Crippen molar-refractivity contribution in [3.05, 3.63) is 57.6 Å². The molecular weight excluding hydrogens is 476 g/mol. The molecule has 0 bridgehead atoms. The summed E-state index contributed by atoms with van der Waals surface area (Å²) in [5.74, 6) is 0.658. The van der Waals surface area contributed by atoms with E-state index in [1.165, 1.54) is 19.2 Å². The molecule has 0 aliphatic heterocycles. The number of nitro groups is 1. The third-order valence-electron chi connectivity index (χ3n) is 5.81. The molecule has 0 radical (unpaired) electrons. The summed E-state index contributed by atoms with van der Waals surface area (Å²) in [7, 11) is 3.08. The second-order valence-corrected chi connectivity index (χ2v) is 8.11. The molecule has 2 aromatic rings. The number of ether oxygens (including phenoxy) is 2. The van der Waals surface area contributed by atoms with Crippen LogP contribution in [0.2, 0.25) is 0 Å². The summed E-state index contributed by atoms with van der Waals surface area (Å²) in [6.45, 7) is 0.211. The van der Waals surface area contributed by atoms with Crippen LogP contribution < -0.4 is 31.2 Å². The Hall–Kier alpha value is -3.73. The number of nitrogens with two attached hydrogens (primary N) is 1. The van der Waals surface area contributed by atoms with Gasteiger partial charge in [-0.3, -0.25) is 20.3 Å². The van der Waals surface area contributed by atoms with Crippen molar-refractivity contribution < 1.29 is 19.2 Å². The third kappa shape index (κ3) is 7.38. The number of halogens is 1. The SMILES string of the molecule is COc1ccc(CNC(=O)c2cc([N+](=O)[O-])ccc2N[C@H]2CC[C@H](NC(=N)N)CC2)cc1OC.Cl. The molecule has 1 aliphatic rings. The topological polar surface area (TPSA) is 165 Å². The molecule has 1 fully saturated rings. The van der Waals surface area contributed by atoms with E-state index in [2.05, 4.69) is 16.0 Å². The molecule has 1 saturated carbocycles. The first kappa shape index (κ1) is 27.5. The zero-order chi connectivity index (χ0) is 24.7. The molecule has 190 valence electrons. The Morgan fingerprint density at radius 2 is 1.74 bits per heavy atom. The van der Waals surface area contributed by atoms with E-state index in [9.17, 15) is 14.9 Å². The van der Waals surface area contributed by atoms with Gasteiger partial charge >= 0.3 is 0 Å². The maximum atomic E-state index is 13.0. The lowest BCUT2D eigenvalue weighted by molar-refractivity contribution is -0.384. The molecule has 0 spiro atoms. The highest BCUT2D eigenvalue weighted by molar-refractivity contribution is 6.00. The highest BCUT2D eigenvalue weighted by Gasteiger charge is 2.24. The number of carbonyl (C=O) groups excluding carboxylic acids is 1. The van der Waals surface area contributed by atoms with Crippen molar-refractivity contribution in [2.24, 2.45) is 5.73 Å². The van der Waals surface area contributed by atoms with E-state index in [0.29, 0.717) is 17.2 Å². The van der Waals surface area contributed by atoms with Crippen LogP contribution in [-0.4, -0.2) is 43.1 Å². The molecule has 35 heavy (non-hydrogen) atoms. The van der Waals surface area contributed by atoms with Crippen molar-refractivity contribution in [3.8, 4) is 11.5 Å². The van der Waals surface area contributed by atoms with Crippen LogP contribution in [0.5, 0.6) is 11.5 Å². The Balaban J connectivity index is 0.00000432. The number of rotatable bonds is 9. The minimum Gasteiger partial charge on any atom is -0.493 e. The smallest absolute Gasteiger partial charge is 0.270 e. The van der Waals surface area contributed by atoms with E-state index >= 15 is 0 Å². The lowest BCUT2D eigenvalue weighted by atomic mass is 9.91. The molecule has 6 N–H and O–H groups in total. The number of carbonyl (C=O) groups is 1. The van der Waals surface area contributed by atoms with E-state index in [0.717, 1.165) is 31.2 Å². The van der Waals surface area contributed by atoms with Gasteiger partial charge in [-0.1, -0.05) is 6.07 Å². The molecule has 11 nitrogen and oxygen atoms in total. The summed E-state index contributed by atoms with van der Waals surface area (Å²) < 4.78 is 10.5. The summed E-state index contributed by atoms with van der Waals surface area (Å²) in [5.41, 5.74) is 6.80. The fourth-order valence-corrected chi connectivity index (χ4v) is 4.05. The average molecular weight is 507 g/mol. The van der Waals surface area contributed by atoms with Crippen molar-refractivity contribution in [1.29, 1.82) is 5.41 Å². The summed E-state index contributed by atoms with van der Waals surface area (Å²) >= 11 is 0. The Morgan fingerprint density at radius 3 is 2.34 bits per heavy atom. The zero-order valence-corrected chi connectivity index (χ0v) is 20.4. The van der Waals surface area contributed by atoms with Crippen LogP contribution in [0.25, 0.3) is 0 Å². The second-order valence-electron chi connectivity index (χ2n) is 8.11. The predicted molar refractivity (Wildman–Crippen MR) is 136 cm³/mol. The normalized spacial score (nSPS) is 16.9. The Bertz CT molecular complexity index is 1060. The van der Waals surface area contributed by atoms with Gasteiger partial charge in [0, 0.05) is 36.4 Å². The molecule has 0 unspecified atom stereocenters. The number of benzene rings is 2. The number of methoxy groups -OCH3 is 2. The largest absolute Gasteiger partial charge is 0.493 e. The van der Waals surface area contributed by atoms with E-state index < -0.39 is 10.8 Å². The van der Waals surface area contributed by atoms with Crippen molar-refractivity contribution in [3.63, 3.8) is 0 Å². The van der Waals surface area contributed by atoms with Gasteiger partial charge in [0.15, 0.2) is 17.5 Å². The highest BCUT2D eigenvalue weighted by atomic mass is 35.5. The Morgan fingerprint density at radius 1 is 1.09 bits per heavy atom. The van der Waals surface area contributed by atoms with Crippen molar-refractivity contribution in [2.45, 2.75) is 44.3 Å². The standard InChI is InChI=1S/C23H30N6O5.ClH/c1-33-20-10-3-14(11-21(20)34-2)13-26-22(30)18-12-17(29(31)32)8-9-19(18)27-15-4-6-16(7-5-15)28-23(24)25;/h3,8-12,15-16,27H,4-7,13H2,1-2H3,(H,26,30)(H4,24,25,28);1H/t15-,16-;. The first-order valence-electron chi connectivity index (χ1n) is 10.9. The van der Waals surface area contributed by atoms with Crippen LogP contribution in [0, 0.1) is 15.5 Å². The van der Waals surface area contributed by atoms with E-state index in [1.54, 1.807) is 25.3 Å². The third-order valence-corrected chi connectivity index (χ3v) is 5.81. The molecule has 0 saturated heterocycles. The summed E-state index contributed by atoms with van der Waals surface area (Å²) in [5, 5.41) is 27.8. The summed E-state index contributed by atoms with van der Waals surface area (Å²) in [6.07, 6.45) is 3.28. The highest BCUT2D eigenvalue weighted by Crippen LogP contribution is 2.29. The van der Waals surface area contributed by atoms with Crippen molar-refractivity contribution in [1.82, 2.24) is 10.6 Å². The first-order chi connectivity index (χ1) is 16.3. The first-order valence-corrected chi connectivity index (χ1v) is 10.9. The number of guanidine groups is 1. The molecule has 12 heteroatoms. The van der Waals surface area contributed by atoms with Crippen LogP contribution >= 0.6 is 12.4 Å². The van der Waals surface area contributed by atoms with Gasteiger partial charge in [-0.25, -0.2) is 0 Å². The molecule has 0 heterocycles. The molecular formula is C23H31ClN6O5. The second kappa shape index (κ2) is 12.7. The van der Waals surface area contributed by atoms with E-state index in [1.807, 2.05) is 6.07 Å². The average Bonchev–Trinajstić information content (AvgIpc) is 2.83. The van der Waals surface area contributed by atoms with Gasteiger partial charge < -0.3 is 31.2 Å². The van der Waals surface area contributed by atoms with E-state index in [4.69, 9.17) is 20.6 Å². The minimum absolute atomic E-state index is 0. The fourth-order valence-electron chi connectivity index (χ4n) is 4.05. The van der Waals surface area contributed by atoms with Gasteiger partial charge in [-0.15, -0.1) is 12.4 Å². The molecule has 1 aliphatic carbocycles. The predicted octanol–water partition coefficient (Wildman–Crippen LogP) is 3.17.